The minimum absolute atomic E-state index is 0.0681. The summed E-state index contributed by atoms with van der Waals surface area (Å²) in [5.41, 5.74) is 5.81. The maximum absolute atomic E-state index is 12.8. The highest BCUT2D eigenvalue weighted by Gasteiger charge is 2.20. The molecule has 0 spiro atoms. The Morgan fingerprint density at radius 2 is 1.48 bits per heavy atom. The van der Waals surface area contributed by atoms with E-state index < -0.39 is 0 Å². The third kappa shape index (κ3) is 2.32. The molecule has 1 aliphatic carbocycles. The van der Waals surface area contributed by atoms with Crippen molar-refractivity contribution in [3.63, 3.8) is 0 Å². The van der Waals surface area contributed by atoms with Crippen LogP contribution in [0.1, 0.15) is 22.6 Å². The SMILES string of the molecule is O=C(C1=CC=C(c2cc3ccccc3[nH]2)C1)c1cc2ccccc2[nH]1. The monoisotopic (exact) mass is 324 g/mol. The third-order valence-electron chi connectivity index (χ3n) is 4.81. The fourth-order valence-corrected chi connectivity index (χ4v) is 3.48. The molecule has 2 aromatic heterocycles. The molecule has 0 saturated carbocycles. The second-order valence-electron chi connectivity index (χ2n) is 6.43. The molecule has 0 atom stereocenters. The van der Waals surface area contributed by atoms with Gasteiger partial charge in [-0.1, -0.05) is 48.6 Å². The molecule has 0 saturated heterocycles. The predicted octanol–water partition coefficient (Wildman–Crippen LogP) is 5.25. The molecule has 25 heavy (non-hydrogen) atoms. The van der Waals surface area contributed by atoms with Crippen LogP contribution in [0.25, 0.3) is 27.4 Å². The standard InChI is InChI=1S/C22H16N2O/c25-22(21-13-15-6-2-4-8-19(15)24-21)17-10-9-16(11-17)20-12-14-5-1-3-7-18(14)23-20/h1-10,12-13,23-24H,11H2. The number of hydrogen-bond donors (Lipinski definition) is 2. The zero-order valence-electron chi connectivity index (χ0n) is 13.5. The summed E-state index contributed by atoms with van der Waals surface area (Å²) < 4.78 is 0. The van der Waals surface area contributed by atoms with Gasteiger partial charge in [-0.3, -0.25) is 4.79 Å². The maximum Gasteiger partial charge on any atom is 0.205 e. The summed E-state index contributed by atoms with van der Waals surface area (Å²) in [6.07, 6.45) is 4.64. The van der Waals surface area contributed by atoms with Crippen LogP contribution in [0.4, 0.5) is 0 Å². The number of carbonyl (C=O) groups excluding carboxylic acids is 1. The minimum Gasteiger partial charge on any atom is -0.355 e. The zero-order valence-corrected chi connectivity index (χ0v) is 13.5. The third-order valence-corrected chi connectivity index (χ3v) is 4.81. The Balaban J connectivity index is 1.41. The molecule has 0 bridgehead atoms. The van der Waals surface area contributed by atoms with Gasteiger partial charge < -0.3 is 9.97 Å². The van der Waals surface area contributed by atoms with E-state index in [9.17, 15) is 4.79 Å². The highest BCUT2D eigenvalue weighted by atomic mass is 16.1. The van der Waals surface area contributed by atoms with Crippen LogP contribution in [0.5, 0.6) is 0 Å². The van der Waals surface area contributed by atoms with E-state index in [1.54, 1.807) is 0 Å². The van der Waals surface area contributed by atoms with Crippen LogP contribution < -0.4 is 0 Å². The average Bonchev–Trinajstić information content (AvgIpc) is 3.36. The molecular formula is C22H16N2O. The molecule has 0 fully saturated rings. The number of fused-ring (bicyclic) bond motifs is 2. The van der Waals surface area contributed by atoms with Gasteiger partial charge in [0, 0.05) is 34.1 Å². The molecule has 1 aliphatic rings. The number of Topliss-reactive ketones (excluding diaryl/α,β-unsaturated/α-hetero) is 1. The largest absolute Gasteiger partial charge is 0.355 e. The maximum atomic E-state index is 12.8. The number of carbonyl (C=O) groups is 1. The molecule has 0 unspecified atom stereocenters. The van der Waals surface area contributed by atoms with Crippen molar-refractivity contribution in [3.8, 4) is 0 Å². The summed E-state index contributed by atoms with van der Waals surface area (Å²) in [7, 11) is 0. The molecule has 3 nitrogen and oxygen atoms in total. The lowest BCUT2D eigenvalue weighted by atomic mass is 10.0. The number of aromatic amines is 2. The number of rotatable bonds is 3. The van der Waals surface area contributed by atoms with Crippen LogP contribution in [-0.4, -0.2) is 15.8 Å². The average molecular weight is 324 g/mol. The molecule has 5 rings (SSSR count). The molecule has 2 aromatic carbocycles. The van der Waals surface area contributed by atoms with Gasteiger partial charge in [0.1, 0.15) is 0 Å². The van der Waals surface area contributed by atoms with Gasteiger partial charge in [0.2, 0.25) is 5.78 Å². The molecule has 2 N–H and O–H groups in total. The van der Waals surface area contributed by atoms with E-state index >= 15 is 0 Å². The van der Waals surface area contributed by atoms with E-state index in [0.29, 0.717) is 12.1 Å². The summed E-state index contributed by atoms with van der Waals surface area (Å²) >= 11 is 0. The number of hydrogen-bond acceptors (Lipinski definition) is 1. The predicted molar refractivity (Wildman–Crippen MR) is 102 cm³/mol. The van der Waals surface area contributed by atoms with E-state index in [0.717, 1.165) is 33.3 Å². The molecule has 4 aromatic rings. The van der Waals surface area contributed by atoms with Crippen molar-refractivity contribution in [2.24, 2.45) is 0 Å². The lowest BCUT2D eigenvalue weighted by Gasteiger charge is -2.02. The Kier molecular flexibility index (Phi) is 3.01. The Hall–Kier alpha value is -3.33. The Labute approximate surface area is 144 Å². The summed E-state index contributed by atoms with van der Waals surface area (Å²) in [4.78, 5) is 19.5. The highest BCUT2D eigenvalue weighted by molar-refractivity contribution is 6.12. The molecular weight excluding hydrogens is 308 g/mol. The molecule has 3 heteroatoms. The van der Waals surface area contributed by atoms with Crippen LogP contribution in [0.2, 0.25) is 0 Å². The molecule has 0 radical (unpaired) electrons. The number of nitrogens with one attached hydrogen (secondary N) is 2. The number of para-hydroxylation sites is 2. The Morgan fingerprint density at radius 1 is 0.800 bits per heavy atom. The van der Waals surface area contributed by atoms with Crippen molar-refractivity contribution in [1.29, 1.82) is 0 Å². The fraction of sp³-hybridized carbons (Fsp3) is 0.0455. The van der Waals surface area contributed by atoms with Crippen molar-refractivity contribution >= 4 is 33.2 Å². The van der Waals surface area contributed by atoms with E-state index in [4.69, 9.17) is 0 Å². The quantitative estimate of drug-likeness (QED) is 0.497. The minimum atomic E-state index is 0.0681. The van der Waals surface area contributed by atoms with Gasteiger partial charge in [-0.25, -0.2) is 0 Å². The van der Waals surface area contributed by atoms with Crippen molar-refractivity contribution in [3.05, 3.63) is 89.8 Å². The number of benzene rings is 2. The van der Waals surface area contributed by atoms with E-state index in [-0.39, 0.29) is 5.78 Å². The van der Waals surface area contributed by atoms with Gasteiger partial charge in [-0.05, 0) is 35.2 Å². The van der Waals surface area contributed by atoms with E-state index in [1.165, 1.54) is 5.39 Å². The zero-order chi connectivity index (χ0) is 16.8. The summed E-state index contributed by atoms with van der Waals surface area (Å²) in [6.45, 7) is 0. The van der Waals surface area contributed by atoms with Gasteiger partial charge in [0.25, 0.3) is 0 Å². The number of allylic oxidation sites excluding steroid dienone is 4. The summed E-state index contributed by atoms with van der Waals surface area (Å²) in [6, 6.07) is 20.2. The first-order valence-corrected chi connectivity index (χ1v) is 8.38. The molecule has 0 amide bonds. The molecule has 2 heterocycles. The van der Waals surface area contributed by atoms with Crippen molar-refractivity contribution in [1.82, 2.24) is 9.97 Å². The summed E-state index contributed by atoms with van der Waals surface area (Å²) in [5, 5.41) is 2.25. The van der Waals surface area contributed by atoms with Crippen LogP contribution >= 0.6 is 0 Å². The first-order valence-electron chi connectivity index (χ1n) is 8.38. The van der Waals surface area contributed by atoms with Crippen LogP contribution in [0.3, 0.4) is 0 Å². The first kappa shape index (κ1) is 14.1. The van der Waals surface area contributed by atoms with E-state index in [2.05, 4.69) is 28.2 Å². The lowest BCUT2D eigenvalue weighted by molar-refractivity contribution is 0.102. The van der Waals surface area contributed by atoms with Crippen LogP contribution in [0, 0.1) is 0 Å². The second-order valence-corrected chi connectivity index (χ2v) is 6.43. The molecule has 0 aliphatic heterocycles. The fourth-order valence-electron chi connectivity index (χ4n) is 3.48. The first-order chi connectivity index (χ1) is 12.3. The highest BCUT2D eigenvalue weighted by Crippen LogP contribution is 2.31. The van der Waals surface area contributed by atoms with Gasteiger partial charge >= 0.3 is 0 Å². The summed E-state index contributed by atoms with van der Waals surface area (Å²) in [5.74, 6) is 0.0681. The smallest absolute Gasteiger partial charge is 0.205 e. The van der Waals surface area contributed by atoms with Gasteiger partial charge in [-0.15, -0.1) is 0 Å². The van der Waals surface area contributed by atoms with Crippen molar-refractivity contribution < 1.29 is 4.79 Å². The van der Waals surface area contributed by atoms with Crippen molar-refractivity contribution in [2.75, 3.05) is 0 Å². The van der Waals surface area contributed by atoms with Gasteiger partial charge in [-0.2, -0.15) is 0 Å². The Bertz CT molecular complexity index is 1120. The van der Waals surface area contributed by atoms with Crippen LogP contribution in [-0.2, 0) is 0 Å². The number of H-pyrrole nitrogens is 2. The van der Waals surface area contributed by atoms with Gasteiger partial charge in [0.15, 0.2) is 0 Å². The number of ketones is 1. The molecule has 120 valence electrons. The Morgan fingerprint density at radius 3 is 2.20 bits per heavy atom. The second kappa shape index (κ2) is 5.35. The number of aromatic nitrogens is 2. The lowest BCUT2D eigenvalue weighted by Crippen LogP contribution is -2.02. The van der Waals surface area contributed by atoms with Crippen molar-refractivity contribution in [2.45, 2.75) is 6.42 Å². The van der Waals surface area contributed by atoms with Crippen LogP contribution in [0.15, 0.2) is 78.4 Å². The topological polar surface area (TPSA) is 48.6 Å². The van der Waals surface area contributed by atoms with E-state index in [1.807, 2.05) is 54.6 Å². The normalized spacial score (nSPS) is 14.1. The van der Waals surface area contributed by atoms with Gasteiger partial charge in [0.05, 0.1) is 5.69 Å².